The molecule has 0 saturated carbocycles. The van der Waals surface area contributed by atoms with Gasteiger partial charge in [-0.3, -0.25) is 9.38 Å². The Labute approximate surface area is 188 Å². The van der Waals surface area contributed by atoms with Crippen molar-refractivity contribution in [3.05, 3.63) is 71.2 Å². The molecule has 0 aliphatic heterocycles. The van der Waals surface area contributed by atoms with Gasteiger partial charge < -0.3 is 5.32 Å². The smallest absolute Gasteiger partial charge is 0.210 e. The minimum Gasteiger partial charge on any atom is -0.351 e. The molecule has 6 nitrogen and oxygen atoms in total. The van der Waals surface area contributed by atoms with Crippen LogP contribution in [0.3, 0.4) is 0 Å². The van der Waals surface area contributed by atoms with Crippen molar-refractivity contribution in [1.82, 2.24) is 24.6 Å². The Balaban J connectivity index is 1.62. The summed E-state index contributed by atoms with van der Waals surface area (Å²) >= 11 is 0. The van der Waals surface area contributed by atoms with Gasteiger partial charge in [-0.15, -0.1) is 10.2 Å². The van der Waals surface area contributed by atoms with E-state index in [0.29, 0.717) is 29.6 Å². The van der Waals surface area contributed by atoms with E-state index in [0.717, 1.165) is 47.3 Å². The maximum Gasteiger partial charge on any atom is 0.210 e. The van der Waals surface area contributed by atoms with Crippen molar-refractivity contribution in [3.63, 3.8) is 0 Å². The Hall–Kier alpha value is -3.35. The second kappa shape index (κ2) is 9.42. The van der Waals surface area contributed by atoms with Crippen LogP contribution < -0.4 is 5.32 Å². The standard InChI is InChI=1S/C25H29FN6/c1-5-18-7-6-8-23(26)21(18)13-27-25-28-14-22(24-31-29-15-32(24)25)20-12-11-19(30-17(20)4)10-9-16(2)3/h6-8,11-12,14-16H,5,9-10,13H2,1-4H3,(H,27,28). The van der Waals surface area contributed by atoms with E-state index in [1.54, 1.807) is 23.0 Å². The van der Waals surface area contributed by atoms with E-state index in [9.17, 15) is 4.39 Å². The predicted molar refractivity (Wildman–Crippen MR) is 125 cm³/mol. The van der Waals surface area contributed by atoms with Crippen LogP contribution in [0.25, 0.3) is 16.8 Å². The van der Waals surface area contributed by atoms with Gasteiger partial charge in [0.25, 0.3) is 0 Å². The number of benzene rings is 1. The summed E-state index contributed by atoms with van der Waals surface area (Å²) in [4.78, 5) is 9.40. The van der Waals surface area contributed by atoms with Gasteiger partial charge >= 0.3 is 0 Å². The monoisotopic (exact) mass is 432 g/mol. The molecule has 1 aromatic carbocycles. The zero-order valence-corrected chi connectivity index (χ0v) is 19.1. The van der Waals surface area contributed by atoms with Crippen LogP contribution in [0, 0.1) is 18.7 Å². The molecule has 7 heteroatoms. The van der Waals surface area contributed by atoms with Gasteiger partial charge in [0.15, 0.2) is 5.65 Å². The van der Waals surface area contributed by atoms with Crippen LogP contribution in [0.5, 0.6) is 0 Å². The molecule has 4 rings (SSSR count). The Bertz CT molecular complexity index is 1230. The molecule has 3 heterocycles. The van der Waals surface area contributed by atoms with Crippen molar-refractivity contribution >= 4 is 11.6 Å². The van der Waals surface area contributed by atoms with Crippen LogP contribution in [0.2, 0.25) is 0 Å². The minimum absolute atomic E-state index is 0.215. The molecule has 0 spiro atoms. The molecule has 0 atom stereocenters. The normalized spacial score (nSPS) is 11.4. The van der Waals surface area contributed by atoms with Gasteiger partial charge in [0, 0.05) is 40.8 Å². The number of fused-ring (bicyclic) bond motifs is 1. The second-order valence-corrected chi connectivity index (χ2v) is 8.47. The van der Waals surface area contributed by atoms with Crippen LogP contribution in [-0.2, 0) is 19.4 Å². The first-order chi connectivity index (χ1) is 15.5. The van der Waals surface area contributed by atoms with Crippen molar-refractivity contribution in [2.45, 2.75) is 53.5 Å². The van der Waals surface area contributed by atoms with Crippen molar-refractivity contribution in [3.8, 4) is 11.1 Å². The second-order valence-electron chi connectivity index (χ2n) is 8.47. The van der Waals surface area contributed by atoms with E-state index in [1.165, 1.54) is 6.07 Å². The van der Waals surface area contributed by atoms with Gasteiger partial charge in [0.2, 0.25) is 5.95 Å². The third-order valence-corrected chi connectivity index (χ3v) is 5.76. The molecule has 0 fully saturated rings. The van der Waals surface area contributed by atoms with E-state index in [4.69, 9.17) is 4.98 Å². The van der Waals surface area contributed by atoms with E-state index in [1.807, 2.05) is 19.9 Å². The van der Waals surface area contributed by atoms with Crippen molar-refractivity contribution in [1.29, 1.82) is 0 Å². The topological polar surface area (TPSA) is 68.0 Å². The minimum atomic E-state index is -0.215. The number of halogens is 1. The molecule has 3 aromatic heterocycles. The fourth-order valence-electron chi connectivity index (χ4n) is 3.91. The van der Waals surface area contributed by atoms with E-state index >= 15 is 0 Å². The van der Waals surface area contributed by atoms with Crippen molar-refractivity contribution < 1.29 is 4.39 Å². The Kier molecular flexibility index (Phi) is 6.44. The average Bonchev–Trinajstić information content (AvgIpc) is 3.27. The van der Waals surface area contributed by atoms with E-state index in [-0.39, 0.29) is 5.82 Å². The van der Waals surface area contributed by atoms with Gasteiger partial charge in [0.05, 0.1) is 0 Å². The van der Waals surface area contributed by atoms with Crippen LogP contribution in [0.1, 0.15) is 49.7 Å². The maximum absolute atomic E-state index is 14.4. The molecular formula is C25H29FN6. The zero-order valence-electron chi connectivity index (χ0n) is 19.1. The van der Waals surface area contributed by atoms with Crippen LogP contribution in [0.15, 0.2) is 42.9 Å². The molecule has 0 radical (unpaired) electrons. The first-order valence-corrected chi connectivity index (χ1v) is 11.1. The van der Waals surface area contributed by atoms with E-state index in [2.05, 4.69) is 46.5 Å². The van der Waals surface area contributed by atoms with E-state index < -0.39 is 0 Å². The van der Waals surface area contributed by atoms with Crippen molar-refractivity contribution in [2.24, 2.45) is 5.92 Å². The summed E-state index contributed by atoms with van der Waals surface area (Å²) in [5.41, 5.74) is 6.21. The Morgan fingerprint density at radius 1 is 1.12 bits per heavy atom. The summed E-state index contributed by atoms with van der Waals surface area (Å²) in [5.74, 6) is 1.00. The highest BCUT2D eigenvalue weighted by Gasteiger charge is 2.15. The number of nitrogens with one attached hydrogen (secondary N) is 1. The summed E-state index contributed by atoms with van der Waals surface area (Å²) in [5, 5.41) is 11.7. The number of anilines is 1. The Morgan fingerprint density at radius 3 is 2.72 bits per heavy atom. The Morgan fingerprint density at radius 2 is 1.97 bits per heavy atom. The lowest BCUT2D eigenvalue weighted by molar-refractivity contribution is 0.581. The largest absolute Gasteiger partial charge is 0.351 e. The molecule has 0 saturated heterocycles. The molecule has 0 bridgehead atoms. The summed E-state index contributed by atoms with van der Waals surface area (Å²) < 4.78 is 16.2. The fraction of sp³-hybridized carbons (Fsp3) is 0.360. The van der Waals surface area contributed by atoms with Gasteiger partial charge in [-0.05, 0) is 49.8 Å². The highest BCUT2D eigenvalue weighted by Crippen LogP contribution is 2.27. The molecule has 0 amide bonds. The lowest BCUT2D eigenvalue weighted by Gasteiger charge is -2.14. The van der Waals surface area contributed by atoms with Crippen LogP contribution in [-0.4, -0.2) is 24.6 Å². The van der Waals surface area contributed by atoms with Crippen LogP contribution >= 0.6 is 0 Å². The molecule has 32 heavy (non-hydrogen) atoms. The number of rotatable bonds is 8. The highest BCUT2D eigenvalue weighted by molar-refractivity contribution is 5.78. The summed E-state index contributed by atoms with van der Waals surface area (Å²) in [6, 6.07) is 9.35. The average molecular weight is 433 g/mol. The lowest BCUT2D eigenvalue weighted by atomic mass is 10.0. The number of nitrogens with zero attached hydrogens (tertiary/aromatic N) is 5. The molecule has 4 aromatic rings. The molecular weight excluding hydrogens is 403 g/mol. The van der Waals surface area contributed by atoms with Gasteiger partial charge in [0.1, 0.15) is 12.1 Å². The summed E-state index contributed by atoms with van der Waals surface area (Å²) in [7, 11) is 0. The highest BCUT2D eigenvalue weighted by atomic mass is 19.1. The number of aromatic nitrogens is 5. The van der Waals surface area contributed by atoms with Gasteiger partial charge in [-0.1, -0.05) is 39.0 Å². The maximum atomic E-state index is 14.4. The van der Waals surface area contributed by atoms with Crippen LogP contribution in [0.4, 0.5) is 10.3 Å². The molecule has 1 N–H and O–H groups in total. The third-order valence-electron chi connectivity index (χ3n) is 5.76. The number of hydrogen-bond donors (Lipinski definition) is 1. The first-order valence-electron chi connectivity index (χ1n) is 11.1. The third kappa shape index (κ3) is 4.47. The summed E-state index contributed by atoms with van der Waals surface area (Å²) in [6.45, 7) is 8.81. The fourth-order valence-corrected chi connectivity index (χ4v) is 3.91. The molecule has 0 unspecified atom stereocenters. The number of aryl methyl sites for hydroxylation is 3. The molecule has 0 aliphatic carbocycles. The SMILES string of the molecule is CCc1cccc(F)c1CNc1ncc(-c2ccc(CCC(C)C)nc2C)c2nncn12. The quantitative estimate of drug-likeness (QED) is 0.404. The van der Waals surface area contributed by atoms with Gasteiger partial charge in [-0.2, -0.15) is 0 Å². The summed E-state index contributed by atoms with van der Waals surface area (Å²) in [6.07, 6.45) is 6.25. The van der Waals surface area contributed by atoms with Crippen molar-refractivity contribution in [2.75, 3.05) is 5.32 Å². The first kappa shape index (κ1) is 21.9. The zero-order chi connectivity index (χ0) is 22.7. The van der Waals surface area contributed by atoms with Gasteiger partial charge in [-0.25, -0.2) is 9.37 Å². The number of pyridine rings is 1. The molecule has 166 valence electrons. The lowest BCUT2D eigenvalue weighted by Crippen LogP contribution is -2.10. The molecule has 0 aliphatic rings. The number of hydrogen-bond acceptors (Lipinski definition) is 5. The predicted octanol–water partition coefficient (Wildman–Crippen LogP) is 5.40.